The first-order chi connectivity index (χ1) is 7.66. The summed E-state index contributed by atoms with van der Waals surface area (Å²) < 4.78 is 5.35. The SMILES string of the molecule is CC1COCCN1c1nc(CC(=O)O)cs1. The number of carboxylic acid groups (broad SMARTS) is 1. The van der Waals surface area contributed by atoms with Crippen LogP contribution in [0, 0.1) is 0 Å². The van der Waals surface area contributed by atoms with Gasteiger partial charge in [-0.25, -0.2) is 4.98 Å². The molecule has 6 heteroatoms. The number of thiazole rings is 1. The maximum Gasteiger partial charge on any atom is 0.309 e. The number of ether oxygens (including phenoxy) is 1. The van der Waals surface area contributed by atoms with Crippen LogP contribution in [0.4, 0.5) is 5.13 Å². The lowest BCUT2D eigenvalue weighted by molar-refractivity contribution is -0.136. The van der Waals surface area contributed by atoms with Gasteiger partial charge in [-0.3, -0.25) is 4.79 Å². The zero-order chi connectivity index (χ0) is 11.5. The van der Waals surface area contributed by atoms with E-state index in [4.69, 9.17) is 9.84 Å². The molecule has 16 heavy (non-hydrogen) atoms. The molecule has 0 spiro atoms. The quantitative estimate of drug-likeness (QED) is 0.856. The summed E-state index contributed by atoms with van der Waals surface area (Å²) in [5.41, 5.74) is 0.631. The summed E-state index contributed by atoms with van der Waals surface area (Å²) >= 11 is 1.50. The number of hydrogen-bond donors (Lipinski definition) is 1. The lowest BCUT2D eigenvalue weighted by atomic mass is 10.3. The number of anilines is 1. The molecule has 0 saturated carbocycles. The Morgan fingerprint density at radius 1 is 1.81 bits per heavy atom. The van der Waals surface area contributed by atoms with Crippen LogP contribution >= 0.6 is 11.3 Å². The van der Waals surface area contributed by atoms with Gasteiger partial charge in [-0.2, -0.15) is 0 Å². The predicted molar refractivity (Wildman–Crippen MR) is 61.1 cm³/mol. The normalized spacial score (nSPS) is 21.1. The number of rotatable bonds is 3. The molecule has 1 atom stereocenters. The highest BCUT2D eigenvalue weighted by molar-refractivity contribution is 7.13. The van der Waals surface area contributed by atoms with Crippen molar-refractivity contribution >= 4 is 22.4 Å². The fraction of sp³-hybridized carbons (Fsp3) is 0.600. The summed E-state index contributed by atoms with van der Waals surface area (Å²) in [5, 5.41) is 11.4. The molecular formula is C10H14N2O3S. The van der Waals surface area contributed by atoms with Crippen molar-refractivity contribution in [2.75, 3.05) is 24.7 Å². The van der Waals surface area contributed by atoms with Gasteiger partial charge in [0.05, 0.1) is 31.4 Å². The van der Waals surface area contributed by atoms with Gasteiger partial charge in [0.15, 0.2) is 5.13 Å². The fourth-order valence-corrected chi connectivity index (χ4v) is 2.63. The van der Waals surface area contributed by atoms with E-state index in [-0.39, 0.29) is 6.42 Å². The molecular weight excluding hydrogens is 228 g/mol. The molecule has 88 valence electrons. The number of carbonyl (C=O) groups is 1. The molecule has 1 aliphatic heterocycles. The molecule has 1 aromatic heterocycles. The van der Waals surface area contributed by atoms with Gasteiger partial charge in [-0.15, -0.1) is 11.3 Å². The molecule has 0 amide bonds. The topological polar surface area (TPSA) is 62.7 Å². The van der Waals surface area contributed by atoms with Gasteiger partial charge < -0.3 is 14.7 Å². The smallest absolute Gasteiger partial charge is 0.309 e. The van der Waals surface area contributed by atoms with Gasteiger partial charge in [-0.1, -0.05) is 0 Å². The van der Waals surface area contributed by atoms with Crippen LogP contribution in [-0.4, -0.2) is 41.9 Å². The van der Waals surface area contributed by atoms with E-state index in [0.29, 0.717) is 24.9 Å². The van der Waals surface area contributed by atoms with Crippen molar-refractivity contribution in [3.05, 3.63) is 11.1 Å². The maximum atomic E-state index is 10.5. The van der Waals surface area contributed by atoms with Crippen molar-refractivity contribution < 1.29 is 14.6 Å². The standard InChI is InChI=1S/C10H14N2O3S/c1-7-5-15-3-2-12(7)10-11-8(6-16-10)4-9(13)14/h6-7H,2-5H2,1H3,(H,13,14). The van der Waals surface area contributed by atoms with Crippen LogP contribution in [0.15, 0.2) is 5.38 Å². The van der Waals surface area contributed by atoms with Crippen LogP contribution in [0.25, 0.3) is 0 Å². The molecule has 2 rings (SSSR count). The molecule has 1 fully saturated rings. The average molecular weight is 242 g/mol. The Labute approximate surface area is 97.7 Å². The van der Waals surface area contributed by atoms with E-state index in [1.807, 2.05) is 5.38 Å². The van der Waals surface area contributed by atoms with Gasteiger partial charge >= 0.3 is 5.97 Å². The number of morpholine rings is 1. The van der Waals surface area contributed by atoms with Crippen LogP contribution in [0.2, 0.25) is 0 Å². The zero-order valence-corrected chi connectivity index (χ0v) is 9.87. The molecule has 0 radical (unpaired) electrons. The first-order valence-corrected chi connectivity index (χ1v) is 6.05. The Kier molecular flexibility index (Phi) is 3.40. The largest absolute Gasteiger partial charge is 0.481 e. The second kappa shape index (κ2) is 4.80. The van der Waals surface area contributed by atoms with Gasteiger partial charge in [0.1, 0.15) is 0 Å². The highest BCUT2D eigenvalue weighted by Crippen LogP contribution is 2.24. The summed E-state index contributed by atoms with van der Waals surface area (Å²) in [6.45, 7) is 4.31. The van der Waals surface area contributed by atoms with Crippen molar-refractivity contribution in [2.24, 2.45) is 0 Å². The molecule has 0 bridgehead atoms. The predicted octanol–water partition coefficient (Wildman–Crippen LogP) is 0.995. The van der Waals surface area contributed by atoms with Gasteiger partial charge in [0, 0.05) is 11.9 Å². The first-order valence-electron chi connectivity index (χ1n) is 5.17. The Balaban J connectivity index is 2.08. The third kappa shape index (κ3) is 2.51. The highest BCUT2D eigenvalue weighted by atomic mass is 32.1. The minimum absolute atomic E-state index is 0.00474. The number of aromatic nitrogens is 1. The monoisotopic (exact) mass is 242 g/mol. The molecule has 1 aliphatic rings. The second-order valence-corrected chi connectivity index (χ2v) is 4.65. The van der Waals surface area contributed by atoms with E-state index >= 15 is 0 Å². The van der Waals surface area contributed by atoms with E-state index < -0.39 is 5.97 Å². The Bertz CT molecular complexity index is 380. The first kappa shape index (κ1) is 11.3. The lowest BCUT2D eigenvalue weighted by Crippen LogP contribution is -2.43. The molecule has 1 aromatic rings. The third-order valence-electron chi connectivity index (χ3n) is 2.49. The van der Waals surface area contributed by atoms with Crippen molar-refractivity contribution in [2.45, 2.75) is 19.4 Å². The number of nitrogens with zero attached hydrogens (tertiary/aromatic N) is 2. The second-order valence-electron chi connectivity index (χ2n) is 3.81. The molecule has 0 aliphatic carbocycles. The van der Waals surface area contributed by atoms with E-state index in [9.17, 15) is 4.79 Å². The maximum absolute atomic E-state index is 10.5. The Morgan fingerprint density at radius 3 is 3.31 bits per heavy atom. The molecule has 0 aromatic carbocycles. The van der Waals surface area contributed by atoms with Crippen LogP contribution in [0.3, 0.4) is 0 Å². The van der Waals surface area contributed by atoms with Crippen molar-refractivity contribution in [1.82, 2.24) is 4.98 Å². The minimum Gasteiger partial charge on any atom is -0.481 e. The van der Waals surface area contributed by atoms with E-state index in [2.05, 4.69) is 16.8 Å². The van der Waals surface area contributed by atoms with Gasteiger partial charge in [0.25, 0.3) is 0 Å². The van der Waals surface area contributed by atoms with Crippen molar-refractivity contribution in [3.8, 4) is 0 Å². The molecule has 5 nitrogen and oxygen atoms in total. The molecule has 1 unspecified atom stereocenters. The van der Waals surface area contributed by atoms with Crippen LogP contribution in [0.5, 0.6) is 0 Å². The number of hydrogen-bond acceptors (Lipinski definition) is 5. The van der Waals surface area contributed by atoms with E-state index in [0.717, 1.165) is 11.7 Å². The average Bonchev–Trinajstić information content (AvgIpc) is 2.66. The summed E-state index contributed by atoms with van der Waals surface area (Å²) in [4.78, 5) is 17.0. The fourth-order valence-electron chi connectivity index (χ4n) is 1.68. The summed E-state index contributed by atoms with van der Waals surface area (Å²) in [6.07, 6.45) is -0.00474. The summed E-state index contributed by atoms with van der Waals surface area (Å²) in [5.74, 6) is -0.841. The minimum atomic E-state index is -0.841. The van der Waals surface area contributed by atoms with Crippen LogP contribution in [-0.2, 0) is 16.0 Å². The van der Waals surface area contributed by atoms with E-state index in [1.165, 1.54) is 11.3 Å². The number of carboxylic acids is 1. The van der Waals surface area contributed by atoms with Gasteiger partial charge in [-0.05, 0) is 6.92 Å². The number of aliphatic carboxylic acids is 1. The highest BCUT2D eigenvalue weighted by Gasteiger charge is 2.21. The Hall–Kier alpha value is -1.14. The lowest BCUT2D eigenvalue weighted by Gasteiger charge is -2.32. The van der Waals surface area contributed by atoms with E-state index in [1.54, 1.807) is 0 Å². The molecule has 1 N–H and O–H groups in total. The van der Waals surface area contributed by atoms with Crippen molar-refractivity contribution in [3.63, 3.8) is 0 Å². The van der Waals surface area contributed by atoms with Crippen LogP contribution in [0.1, 0.15) is 12.6 Å². The zero-order valence-electron chi connectivity index (χ0n) is 9.05. The summed E-state index contributed by atoms with van der Waals surface area (Å²) in [7, 11) is 0. The third-order valence-corrected chi connectivity index (χ3v) is 3.41. The van der Waals surface area contributed by atoms with Crippen molar-refractivity contribution in [1.29, 1.82) is 0 Å². The summed E-state index contributed by atoms with van der Waals surface area (Å²) in [6, 6.07) is 0.303. The molecule has 1 saturated heterocycles. The Morgan fingerprint density at radius 2 is 2.62 bits per heavy atom. The van der Waals surface area contributed by atoms with Crippen LogP contribution < -0.4 is 4.90 Å². The molecule has 2 heterocycles. The van der Waals surface area contributed by atoms with Gasteiger partial charge in [0.2, 0.25) is 0 Å².